The number of aromatic nitrogens is 2. The van der Waals surface area contributed by atoms with Crippen molar-refractivity contribution in [3.05, 3.63) is 70.9 Å². The van der Waals surface area contributed by atoms with Crippen molar-refractivity contribution in [1.29, 1.82) is 0 Å². The summed E-state index contributed by atoms with van der Waals surface area (Å²) >= 11 is 1.84. The Labute approximate surface area is 199 Å². The lowest BCUT2D eigenvalue weighted by Crippen LogP contribution is -2.42. The van der Waals surface area contributed by atoms with Crippen LogP contribution in [0.25, 0.3) is 5.69 Å². The molecule has 2 aromatic heterocycles. The SMILES string of the molecule is CN=C(NCc1ccccc1-n1ccnc1)NCC(c1cccs1)N1CCCC1.I. The fourth-order valence-electron chi connectivity index (χ4n) is 3.85. The molecular formula is C22H29IN6S. The molecule has 1 fully saturated rings. The number of likely N-dealkylation sites (tertiary alicyclic amines) is 1. The van der Waals surface area contributed by atoms with Crippen LogP contribution in [-0.4, -0.2) is 47.1 Å². The number of thiophene rings is 1. The van der Waals surface area contributed by atoms with Crippen molar-refractivity contribution in [1.82, 2.24) is 25.1 Å². The Kier molecular flexibility index (Phi) is 8.71. The molecule has 0 bridgehead atoms. The third-order valence-corrected chi connectivity index (χ3v) is 6.33. The molecule has 1 aromatic carbocycles. The summed E-state index contributed by atoms with van der Waals surface area (Å²) in [4.78, 5) is 12.6. The molecule has 6 nitrogen and oxygen atoms in total. The van der Waals surface area contributed by atoms with Crippen LogP contribution in [0, 0.1) is 0 Å². The maximum atomic E-state index is 4.44. The van der Waals surface area contributed by atoms with Crippen molar-refractivity contribution in [2.45, 2.75) is 25.4 Å². The molecule has 30 heavy (non-hydrogen) atoms. The first-order valence-corrected chi connectivity index (χ1v) is 11.0. The quantitative estimate of drug-likeness (QED) is 0.272. The van der Waals surface area contributed by atoms with Crippen LogP contribution in [0.5, 0.6) is 0 Å². The zero-order valence-corrected chi connectivity index (χ0v) is 20.3. The van der Waals surface area contributed by atoms with Gasteiger partial charge in [0.2, 0.25) is 0 Å². The third kappa shape index (κ3) is 5.61. The molecule has 0 saturated carbocycles. The molecule has 160 valence electrons. The largest absolute Gasteiger partial charge is 0.354 e. The minimum absolute atomic E-state index is 0. The Hall–Kier alpha value is -1.91. The van der Waals surface area contributed by atoms with Crippen LogP contribution in [0.4, 0.5) is 0 Å². The summed E-state index contributed by atoms with van der Waals surface area (Å²) in [6, 6.07) is 13.1. The number of imidazole rings is 1. The van der Waals surface area contributed by atoms with Gasteiger partial charge in [-0.05, 0) is 49.0 Å². The molecular weight excluding hydrogens is 507 g/mol. The second kappa shape index (κ2) is 11.5. The lowest BCUT2D eigenvalue weighted by Gasteiger charge is -2.27. The van der Waals surface area contributed by atoms with Crippen molar-refractivity contribution in [3.63, 3.8) is 0 Å². The number of hydrogen-bond acceptors (Lipinski definition) is 4. The molecule has 3 aromatic rings. The summed E-state index contributed by atoms with van der Waals surface area (Å²) < 4.78 is 2.04. The van der Waals surface area contributed by atoms with Crippen LogP contribution >= 0.6 is 35.3 Å². The van der Waals surface area contributed by atoms with Crippen LogP contribution < -0.4 is 10.6 Å². The molecule has 2 N–H and O–H groups in total. The molecule has 1 unspecified atom stereocenters. The first-order valence-electron chi connectivity index (χ1n) is 10.1. The van der Waals surface area contributed by atoms with Gasteiger partial charge in [0.15, 0.2) is 5.96 Å². The molecule has 0 amide bonds. The lowest BCUT2D eigenvalue weighted by molar-refractivity contribution is 0.249. The van der Waals surface area contributed by atoms with E-state index in [1.165, 1.54) is 36.4 Å². The fourth-order valence-corrected chi connectivity index (χ4v) is 4.71. The Morgan fingerprint density at radius 3 is 2.70 bits per heavy atom. The molecule has 1 aliphatic rings. The van der Waals surface area contributed by atoms with Crippen LogP contribution in [0.3, 0.4) is 0 Å². The van der Waals surface area contributed by atoms with Gasteiger partial charge in [-0.2, -0.15) is 0 Å². The van der Waals surface area contributed by atoms with E-state index in [0.717, 1.165) is 18.2 Å². The average Bonchev–Trinajstić information content (AvgIpc) is 3.54. The van der Waals surface area contributed by atoms with Crippen molar-refractivity contribution in [2.75, 3.05) is 26.7 Å². The van der Waals surface area contributed by atoms with E-state index in [1.54, 1.807) is 6.20 Å². The van der Waals surface area contributed by atoms with Gasteiger partial charge in [0.1, 0.15) is 0 Å². The van der Waals surface area contributed by atoms with Crippen molar-refractivity contribution < 1.29 is 0 Å². The van der Waals surface area contributed by atoms with Gasteiger partial charge in [0.05, 0.1) is 18.1 Å². The van der Waals surface area contributed by atoms with E-state index in [1.807, 2.05) is 41.5 Å². The minimum atomic E-state index is 0. The summed E-state index contributed by atoms with van der Waals surface area (Å²) in [5.74, 6) is 0.825. The molecule has 0 radical (unpaired) electrons. The molecule has 1 aliphatic heterocycles. The highest BCUT2D eigenvalue weighted by atomic mass is 127. The number of halogens is 1. The molecule has 8 heteroatoms. The monoisotopic (exact) mass is 536 g/mol. The highest BCUT2D eigenvalue weighted by Gasteiger charge is 2.24. The summed E-state index contributed by atoms with van der Waals surface area (Å²) in [7, 11) is 1.83. The van der Waals surface area contributed by atoms with Gasteiger partial charge in [-0.15, -0.1) is 35.3 Å². The van der Waals surface area contributed by atoms with E-state index in [4.69, 9.17) is 0 Å². The number of hydrogen-bond donors (Lipinski definition) is 2. The Morgan fingerprint density at radius 2 is 2.00 bits per heavy atom. The van der Waals surface area contributed by atoms with E-state index in [2.05, 4.69) is 61.2 Å². The first-order chi connectivity index (χ1) is 14.3. The zero-order chi connectivity index (χ0) is 19.9. The summed E-state index contributed by atoms with van der Waals surface area (Å²) in [6.45, 7) is 3.90. The van der Waals surface area contributed by atoms with Gasteiger partial charge in [-0.1, -0.05) is 24.3 Å². The predicted octanol–water partition coefficient (Wildman–Crippen LogP) is 4.05. The molecule has 1 saturated heterocycles. The topological polar surface area (TPSA) is 57.5 Å². The van der Waals surface area contributed by atoms with Crippen molar-refractivity contribution in [3.8, 4) is 5.69 Å². The second-order valence-corrected chi connectivity index (χ2v) is 8.16. The zero-order valence-electron chi connectivity index (χ0n) is 17.2. The number of rotatable bonds is 7. The summed E-state index contributed by atoms with van der Waals surface area (Å²) in [6.07, 6.45) is 8.18. The highest BCUT2D eigenvalue weighted by Crippen LogP contribution is 2.27. The van der Waals surface area contributed by atoms with E-state index >= 15 is 0 Å². The molecule has 0 spiro atoms. The van der Waals surface area contributed by atoms with Crippen molar-refractivity contribution in [2.24, 2.45) is 4.99 Å². The number of benzene rings is 1. The van der Waals surface area contributed by atoms with Gasteiger partial charge in [-0.3, -0.25) is 9.89 Å². The van der Waals surface area contributed by atoms with Gasteiger partial charge < -0.3 is 15.2 Å². The Bertz CT molecular complexity index is 904. The van der Waals surface area contributed by atoms with Crippen LogP contribution in [0.1, 0.15) is 29.3 Å². The van der Waals surface area contributed by atoms with Gasteiger partial charge in [0, 0.05) is 37.4 Å². The predicted molar refractivity (Wildman–Crippen MR) is 135 cm³/mol. The van der Waals surface area contributed by atoms with E-state index in [-0.39, 0.29) is 24.0 Å². The van der Waals surface area contributed by atoms with E-state index in [0.29, 0.717) is 12.6 Å². The number of nitrogens with zero attached hydrogens (tertiary/aromatic N) is 4. The first kappa shape index (κ1) is 22.8. The standard InChI is InChI=1S/C22H28N6S.HI/c1-23-22(25-15-18-7-2-3-8-19(18)28-13-10-24-17-28)26-16-20(21-9-6-14-29-21)27-11-4-5-12-27;/h2-3,6-10,13-14,17,20H,4-5,11-12,15-16H2,1H3,(H2,23,25,26);1H. The molecule has 0 aliphatic carbocycles. The molecule has 4 rings (SSSR count). The van der Waals surface area contributed by atoms with E-state index in [9.17, 15) is 0 Å². The molecule has 1 atom stereocenters. The second-order valence-electron chi connectivity index (χ2n) is 7.18. The van der Waals surface area contributed by atoms with Crippen molar-refractivity contribution >= 4 is 41.3 Å². The number of guanidine groups is 1. The van der Waals surface area contributed by atoms with Gasteiger partial charge >= 0.3 is 0 Å². The lowest BCUT2D eigenvalue weighted by atomic mass is 10.1. The number of nitrogens with one attached hydrogen (secondary N) is 2. The average molecular weight is 536 g/mol. The number of para-hydroxylation sites is 1. The minimum Gasteiger partial charge on any atom is -0.354 e. The Balaban J connectivity index is 0.00000256. The van der Waals surface area contributed by atoms with E-state index < -0.39 is 0 Å². The van der Waals surface area contributed by atoms with Crippen LogP contribution in [0.15, 0.2) is 65.5 Å². The summed E-state index contributed by atoms with van der Waals surface area (Å²) in [5, 5.41) is 9.18. The maximum Gasteiger partial charge on any atom is 0.191 e. The maximum absolute atomic E-state index is 4.44. The summed E-state index contributed by atoms with van der Waals surface area (Å²) in [5.41, 5.74) is 2.32. The molecule has 3 heterocycles. The number of aliphatic imine (C=N–C) groups is 1. The van der Waals surface area contributed by atoms with Crippen LogP contribution in [-0.2, 0) is 6.54 Å². The normalized spacial score (nSPS) is 15.6. The smallest absolute Gasteiger partial charge is 0.191 e. The van der Waals surface area contributed by atoms with Gasteiger partial charge in [0.25, 0.3) is 0 Å². The van der Waals surface area contributed by atoms with Gasteiger partial charge in [-0.25, -0.2) is 4.98 Å². The highest BCUT2D eigenvalue weighted by molar-refractivity contribution is 14.0. The Morgan fingerprint density at radius 1 is 1.17 bits per heavy atom. The third-order valence-electron chi connectivity index (χ3n) is 5.36. The fraction of sp³-hybridized carbons (Fsp3) is 0.364. The van der Waals surface area contributed by atoms with Crippen LogP contribution in [0.2, 0.25) is 0 Å².